The SMILES string of the molecule is CC(C)Cc1nc(NC(=O)c2cccs2)sc1C(=O)NCc1ccc(F)cc1. The maximum atomic E-state index is 13.0. The number of nitrogens with zero attached hydrogens (tertiary/aromatic N) is 1. The van der Waals surface area contributed by atoms with Gasteiger partial charge in [-0.3, -0.25) is 14.9 Å². The summed E-state index contributed by atoms with van der Waals surface area (Å²) in [6, 6.07) is 9.51. The van der Waals surface area contributed by atoms with Gasteiger partial charge < -0.3 is 5.32 Å². The third-order valence-electron chi connectivity index (χ3n) is 3.84. The quantitative estimate of drug-likeness (QED) is 0.584. The standard InChI is InChI=1S/C20H20FN3O2S2/c1-12(2)10-15-17(19(26)22-11-13-5-7-14(21)8-6-13)28-20(23-15)24-18(25)16-4-3-9-27-16/h3-9,12H,10-11H2,1-2H3,(H,22,26)(H,23,24,25). The molecule has 0 spiro atoms. The van der Waals surface area contributed by atoms with Gasteiger partial charge in [0.2, 0.25) is 0 Å². The van der Waals surface area contributed by atoms with Crippen molar-refractivity contribution in [2.24, 2.45) is 5.92 Å². The van der Waals surface area contributed by atoms with E-state index in [9.17, 15) is 14.0 Å². The molecule has 2 N–H and O–H groups in total. The maximum absolute atomic E-state index is 13.0. The van der Waals surface area contributed by atoms with Gasteiger partial charge >= 0.3 is 0 Å². The van der Waals surface area contributed by atoms with Crippen LogP contribution >= 0.6 is 22.7 Å². The van der Waals surface area contributed by atoms with Gasteiger partial charge in [0.05, 0.1) is 10.6 Å². The van der Waals surface area contributed by atoms with Gasteiger partial charge in [-0.15, -0.1) is 11.3 Å². The molecule has 1 aromatic carbocycles. The van der Waals surface area contributed by atoms with Crippen molar-refractivity contribution < 1.29 is 14.0 Å². The molecule has 5 nitrogen and oxygen atoms in total. The van der Waals surface area contributed by atoms with Gasteiger partial charge in [0.25, 0.3) is 11.8 Å². The van der Waals surface area contributed by atoms with Crippen LogP contribution in [0.2, 0.25) is 0 Å². The van der Waals surface area contributed by atoms with Gasteiger partial charge in [-0.05, 0) is 41.5 Å². The first-order chi connectivity index (χ1) is 13.4. The molecule has 0 radical (unpaired) electrons. The third-order valence-corrected chi connectivity index (χ3v) is 5.72. The average molecular weight is 418 g/mol. The number of hydrogen-bond donors (Lipinski definition) is 2. The number of aromatic nitrogens is 1. The van der Waals surface area contributed by atoms with Crippen molar-refractivity contribution in [2.45, 2.75) is 26.8 Å². The first kappa shape index (κ1) is 20.2. The number of hydrogen-bond acceptors (Lipinski definition) is 5. The predicted molar refractivity (Wildman–Crippen MR) is 110 cm³/mol. The second kappa shape index (κ2) is 9.07. The summed E-state index contributed by atoms with van der Waals surface area (Å²) < 4.78 is 13.0. The molecule has 146 valence electrons. The van der Waals surface area contributed by atoms with E-state index in [-0.39, 0.29) is 24.2 Å². The highest BCUT2D eigenvalue weighted by Gasteiger charge is 2.20. The number of rotatable bonds is 7. The van der Waals surface area contributed by atoms with Gasteiger partial charge in [0, 0.05) is 6.54 Å². The van der Waals surface area contributed by atoms with Crippen LogP contribution in [0.4, 0.5) is 9.52 Å². The van der Waals surface area contributed by atoms with E-state index in [1.165, 1.54) is 23.5 Å². The normalized spacial score (nSPS) is 10.9. The second-order valence-corrected chi connectivity index (χ2v) is 8.58. The highest BCUT2D eigenvalue weighted by atomic mass is 32.1. The molecule has 3 aromatic rings. The Bertz CT molecular complexity index is 951. The molecule has 28 heavy (non-hydrogen) atoms. The zero-order valence-electron chi connectivity index (χ0n) is 15.5. The Morgan fingerprint density at radius 1 is 1.14 bits per heavy atom. The Hall–Kier alpha value is -2.58. The first-order valence-electron chi connectivity index (χ1n) is 8.79. The van der Waals surface area contributed by atoms with E-state index in [1.54, 1.807) is 24.3 Å². The number of benzene rings is 1. The van der Waals surface area contributed by atoms with Crippen LogP contribution < -0.4 is 10.6 Å². The Morgan fingerprint density at radius 2 is 1.89 bits per heavy atom. The topological polar surface area (TPSA) is 71.1 Å². The lowest BCUT2D eigenvalue weighted by Crippen LogP contribution is -2.23. The molecule has 0 saturated carbocycles. The summed E-state index contributed by atoms with van der Waals surface area (Å²) in [6.07, 6.45) is 0.630. The second-order valence-electron chi connectivity index (χ2n) is 6.63. The summed E-state index contributed by atoms with van der Waals surface area (Å²) >= 11 is 2.51. The van der Waals surface area contributed by atoms with E-state index in [1.807, 2.05) is 19.2 Å². The van der Waals surface area contributed by atoms with Crippen molar-refractivity contribution in [2.75, 3.05) is 5.32 Å². The Balaban J connectivity index is 1.73. The zero-order valence-corrected chi connectivity index (χ0v) is 17.1. The van der Waals surface area contributed by atoms with Gasteiger partial charge in [-0.2, -0.15) is 0 Å². The Morgan fingerprint density at radius 3 is 2.54 bits per heavy atom. The molecule has 3 rings (SSSR count). The van der Waals surface area contributed by atoms with Crippen LogP contribution in [0.15, 0.2) is 41.8 Å². The summed E-state index contributed by atoms with van der Waals surface area (Å²) in [4.78, 5) is 30.5. The van der Waals surface area contributed by atoms with E-state index in [0.717, 1.165) is 16.9 Å². The third kappa shape index (κ3) is 5.24. The molecule has 0 aliphatic heterocycles. The molecule has 0 unspecified atom stereocenters. The number of carbonyl (C=O) groups excluding carboxylic acids is 2. The minimum absolute atomic E-state index is 0.238. The van der Waals surface area contributed by atoms with Crippen LogP contribution in [0.25, 0.3) is 0 Å². The van der Waals surface area contributed by atoms with Crippen LogP contribution in [0.5, 0.6) is 0 Å². The van der Waals surface area contributed by atoms with E-state index in [4.69, 9.17) is 0 Å². The zero-order chi connectivity index (χ0) is 20.1. The predicted octanol–water partition coefficient (Wildman–Crippen LogP) is 4.72. The molecule has 8 heteroatoms. The monoisotopic (exact) mass is 417 g/mol. The molecule has 2 amide bonds. The van der Waals surface area contributed by atoms with Crippen LogP contribution in [-0.2, 0) is 13.0 Å². The van der Waals surface area contributed by atoms with Crippen molar-refractivity contribution in [1.82, 2.24) is 10.3 Å². The molecule has 0 bridgehead atoms. The summed E-state index contributed by atoms with van der Waals surface area (Å²) in [5, 5.41) is 7.84. The fourth-order valence-corrected chi connectivity index (χ4v) is 4.06. The molecule has 0 atom stereocenters. The Kier molecular flexibility index (Phi) is 6.53. The van der Waals surface area contributed by atoms with Gasteiger partial charge in [0.1, 0.15) is 10.7 Å². The summed E-state index contributed by atoms with van der Waals surface area (Å²) in [7, 11) is 0. The number of halogens is 1. The van der Waals surface area contributed by atoms with E-state index in [2.05, 4.69) is 15.6 Å². The lowest BCUT2D eigenvalue weighted by atomic mass is 10.1. The largest absolute Gasteiger partial charge is 0.347 e. The molecule has 2 heterocycles. The lowest BCUT2D eigenvalue weighted by molar-refractivity contribution is 0.0953. The fourth-order valence-electron chi connectivity index (χ4n) is 2.54. The average Bonchev–Trinajstić information content (AvgIpc) is 3.31. The molecular formula is C20H20FN3O2S2. The number of nitrogens with one attached hydrogen (secondary N) is 2. The van der Waals surface area contributed by atoms with E-state index < -0.39 is 0 Å². The van der Waals surface area contributed by atoms with Crippen LogP contribution in [0.3, 0.4) is 0 Å². The maximum Gasteiger partial charge on any atom is 0.267 e. The van der Waals surface area contributed by atoms with Crippen LogP contribution in [-0.4, -0.2) is 16.8 Å². The fraction of sp³-hybridized carbons (Fsp3) is 0.250. The summed E-state index contributed by atoms with van der Waals surface area (Å²) in [5.41, 5.74) is 1.47. The highest BCUT2D eigenvalue weighted by Crippen LogP contribution is 2.26. The molecule has 0 fully saturated rings. The van der Waals surface area contributed by atoms with Crippen molar-refractivity contribution in [3.05, 3.63) is 68.6 Å². The first-order valence-corrected chi connectivity index (χ1v) is 10.5. The lowest BCUT2D eigenvalue weighted by Gasteiger charge is -2.06. The van der Waals surface area contributed by atoms with Gasteiger partial charge in [-0.25, -0.2) is 9.37 Å². The molecule has 0 aliphatic carbocycles. The van der Waals surface area contributed by atoms with Crippen molar-refractivity contribution >= 4 is 39.6 Å². The summed E-state index contributed by atoms with van der Waals surface area (Å²) in [6.45, 7) is 4.38. The van der Waals surface area contributed by atoms with Crippen molar-refractivity contribution in [1.29, 1.82) is 0 Å². The molecule has 0 aliphatic rings. The highest BCUT2D eigenvalue weighted by molar-refractivity contribution is 7.18. The van der Waals surface area contributed by atoms with Crippen LogP contribution in [0, 0.1) is 11.7 Å². The van der Waals surface area contributed by atoms with E-state index in [0.29, 0.717) is 32.9 Å². The van der Waals surface area contributed by atoms with Crippen molar-refractivity contribution in [3.8, 4) is 0 Å². The van der Waals surface area contributed by atoms with Crippen molar-refractivity contribution in [3.63, 3.8) is 0 Å². The molecule has 0 saturated heterocycles. The number of thiazole rings is 1. The van der Waals surface area contributed by atoms with Gasteiger partial charge in [-0.1, -0.05) is 43.4 Å². The number of thiophene rings is 1. The summed E-state index contributed by atoms with van der Waals surface area (Å²) in [5.74, 6) is -0.498. The van der Waals surface area contributed by atoms with Crippen LogP contribution in [0.1, 0.15) is 44.4 Å². The number of anilines is 1. The molecular weight excluding hydrogens is 397 g/mol. The van der Waals surface area contributed by atoms with Gasteiger partial charge in [0.15, 0.2) is 5.13 Å². The Labute approximate surface area is 170 Å². The molecule has 2 aromatic heterocycles. The number of carbonyl (C=O) groups is 2. The number of amides is 2. The smallest absolute Gasteiger partial charge is 0.267 e. The minimum atomic E-state index is -0.317. The minimum Gasteiger partial charge on any atom is -0.347 e. The van der Waals surface area contributed by atoms with E-state index >= 15 is 0 Å².